The lowest BCUT2D eigenvalue weighted by atomic mass is 9.91. The van der Waals surface area contributed by atoms with E-state index in [1.807, 2.05) is 24.3 Å². The van der Waals surface area contributed by atoms with Crippen molar-refractivity contribution in [3.05, 3.63) is 60.4 Å². The van der Waals surface area contributed by atoms with E-state index in [1.165, 1.54) is 6.42 Å². The number of fused-ring (bicyclic) bond motifs is 1. The number of hydrogen-bond acceptors (Lipinski definition) is 7. The summed E-state index contributed by atoms with van der Waals surface area (Å²) < 4.78 is 13.0. The number of imidazole rings is 1. The first kappa shape index (κ1) is 21.4. The van der Waals surface area contributed by atoms with Crippen LogP contribution < -0.4 is 20.1 Å². The molecule has 2 aromatic heterocycles. The lowest BCUT2D eigenvalue weighted by Crippen LogP contribution is -2.43. The maximum atomic E-state index is 13.5. The van der Waals surface area contributed by atoms with Gasteiger partial charge in [-0.25, -0.2) is 15.0 Å². The SMILES string of the molecule is O=C(NCc1ccc2c(c1)OCCO2)C(c1ccnc(-n2ccnc2)n1)C1CCCCCN1. The Labute approximate surface area is 192 Å². The van der Waals surface area contributed by atoms with Gasteiger partial charge in [-0.3, -0.25) is 9.36 Å². The summed E-state index contributed by atoms with van der Waals surface area (Å²) in [5, 5.41) is 6.70. The standard InChI is InChI=1S/C24H28N6O3/c31-23(28-15-17-5-6-20-21(14-17)33-13-12-32-20)22(18-4-2-1-3-8-26-18)19-7-9-27-24(29-19)30-11-10-25-16-30/h5-7,9-11,14,16,18,22,26H,1-4,8,12-13,15H2,(H,28,31). The first-order valence-electron chi connectivity index (χ1n) is 11.5. The van der Waals surface area contributed by atoms with Gasteiger partial charge >= 0.3 is 0 Å². The Morgan fingerprint density at radius 3 is 2.94 bits per heavy atom. The van der Waals surface area contributed by atoms with Crippen LogP contribution in [0.5, 0.6) is 11.5 Å². The quantitative estimate of drug-likeness (QED) is 0.597. The summed E-state index contributed by atoms with van der Waals surface area (Å²) in [6.07, 6.45) is 11.1. The predicted octanol–water partition coefficient (Wildman–Crippen LogP) is 2.37. The molecular weight excluding hydrogens is 420 g/mol. The van der Waals surface area contributed by atoms with Gasteiger partial charge in [-0.1, -0.05) is 18.9 Å². The van der Waals surface area contributed by atoms with Gasteiger partial charge in [-0.15, -0.1) is 0 Å². The third-order valence-electron chi connectivity index (χ3n) is 6.07. The van der Waals surface area contributed by atoms with Crippen molar-refractivity contribution in [2.24, 2.45) is 0 Å². The van der Waals surface area contributed by atoms with E-state index in [4.69, 9.17) is 14.5 Å². The maximum Gasteiger partial charge on any atom is 0.235 e. The van der Waals surface area contributed by atoms with Crippen molar-refractivity contribution in [2.45, 2.75) is 44.2 Å². The summed E-state index contributed by atoms with van der Waals surface area (Å²) in [7, 11) is 0. The van der Waals surface area contributed by atoms with Crippen LogP contribution in [-0.2, 0) is 11.3 Å². The summed E-state index contributed by atoms with van der Waals surface area (Å²) >= 11 is 0. The van der Waals surface area contributed by atoms with E-state index in [2.05, 4.69) is 20.6 Å². The highest BCUT2D eigenvalue weighted by atomic mass is 16.6. The van der Waals surface area contributed by atoms with Crippen LogP contribution in [0, 0.1) is 0 Å². The third-order valence-corrected chi connectivity index (χ3v) is 6.07. The number of rotatable bonds is 6. The topological polar surface area (TPSA) is 103 Å². The molecule has 2 atom stereocenters. The second-order valence-corrected chi connectivity index (χ2v) is 8.33. The zero-order valence-corrected chi connectivity index (χ0v) is 18.4. The lowest BCUT2D eigenvalue weighted by molar-refractivity contribution is -0.123. The van der Waals surface area contributed by atoms with Crippen molar-refractivity contribution in [2.75, 3.05) is 19.8 Å². The molecule has 0 radical (unpaired) electrons. The van der Waals surface area contributed by atoms with Gasteiger partial charge in [-0.05, 0) is 43.1 Å². The molecule has 0 bridgehead atoms. The first-order valence-corrected chi connectivity index (χ1v) is 11.5. The summed E-state index contributed by atoms with van der Waals surface area (Å²) in [6, 6.07) is 7.62. The number of benzene rings is 1. The molecule has 9 nitrogen and oxygen atoms in total. The highest BCUT2D eigenvalue weighted by Gasteiger charge is 2.32. The number of hydrogen-bond donors (Lipinski definition) is 2. The van der Waals surface area contributed by atoms with Crippen molar-refractivity contribution in [1.29, 1.82) is 0 Å². The minimum atomic E-state index is -0.425. The largest absolute Gasteiger partial charge is 0.486 e. The van der Waals surface area contributed by atoms with Gasteiger partial charge in [0.15, 0.2) is 11.5 Å². The normalized spacial score (nSPS) is 18.8. The van der Waals surface area contributed by atoms with E-state index in [9.17, 15) is 4.79 Å². The Morgan fingerprint density at radius 1 is 1.15 bits per heavy atom. The lowest BCUT2D eigenvalue weighted by Gasteiger charge is -2.26. The number of carbonyl (C=O) groups excluding carboxylic acids is 1. The predicted molar refractivity (Wildman–Crippen MR) is 121 cm³/mol. The number of nitrogens with zero attached hydrogens (tertiary/aromatic N) is 4. The minimum absolute atomic E-state index is 0.0123. The van der Waals surface area contributed by atoms with Gasteiger partial charge in [-0.2, -0.15) is 0 Å². The molecule has 172 valence electrons. The Kier molecular flexibility index (Phi) is 6.48. The molecule has 1 amide bonds. The van der Waals surface area contributed by atoms with Gasteiger partial charge in [0.2, 0.25) is 11.9 Å². The molecule has 0 aliphatic carbocycles. The molecule has 2 aliphatic rings. The van der Waals surface area contributed by atoms with E-state index in [0.29, 0.717) is 31.4 Å². The highest BCUT2D eigenvalue weighted by Crippen LogP contribution is 2.31. The van der Waals surface area contributed by atoms with Crippen LogP contribution in [0.4, 0.5) is 0 Å². The Morgan fingerprint density at radius 2 is 2.06 bits per heavy atom. The molecule has 1 fully saturated rings. The molecule has 1 saturated heterocycles. The second kappa shape index (κ2) is 9.99. The molecule has 5 rings (SSSR count). The van der Waals surface area contributed by atoms with Crippen LogP contribution in [-0.4, -0.2) is 51.2 Å². The number of carbonyl (C=O) groups is 1. The van der Waals surface area contributed by atoms with Gasteiger partial charge in [0.1, 0.15) is 19.5 Å². The van der Waals surface area contributed by atoms with Crippen LogP contribution in [0.2, 0.25) is 0 Å². The molecule has 0 saturated carbocycles. The summed E-state index contributed by atoms with van der Waals surface area (Å²) in [5.41, 5.74) is 1.66. The Hall–Kier alpha value is -3.46. The van der Waals surface area contributed by atoms with E-state index in [1.54, 1.807) is 29.5 Å². The van der Waals surface area contributed by atoms with Gasteiger partial charge in [0.25, 0.3) is 0 Å². The monoisotopic (exact) mass is 448 g/mol. The number of aromatic nitrogens is 4. The summed E-state index contributed by atoms with van der Waals surface area (Å²) in [5.74, 6) is 1.48. The van der Waals surface area contributed by atoms with Crippen molar-refractivity contribution >= 4 is 5.91 Å². The molecule has 2 unspecified atom stereocenters. The molecular formula is C24H28N6O3. The number of amides is 1. The maximum absolute atomic E-state index is 13.5. The first-order chi connectivity index (χ1) is 16.3. The fraction of sp³-hybridized carbons (Fsp3) is 0.417. The minimum Gasteiger partial charge on any atom is -0.486 e. The molecule has 9 heteroatoms. The fourth-order valence-corrected chi connectivity index (χ4v) is 4.40. The van der Waals surface area contributed by atoms with Crippen LogP contribution in [0.1, 0.15) is 42.9 Å². The summed E-state index contributed by atoms with van der Waals surface area (Å²) in [6.45, 7) is 2.39. The molecule has 0 spiro atoms. The van der Waals surface area contributed by atoms with Gasteiger partial charge < -0.3 is 20.1 Å². The van der Waals surface area contributed by atoms with E-state index < -0.39 is 5.92 Å². The van der Waals surface area contributed by atoms with Gasteiger partial charge in [0, 0.05) is 31.2 Å². The Bertz CT molecular complexity index is 1080. The average molecular weight is 449 g/mol. The van der Waals surface area contributed by atoms with Crippen molar-refractivity contribution < 1.29 is 14.3 Å². The van der Waals surface area contributed by atoms with Crippen LogP contribution in [0.15, 0.2) is 49.2 Å². The van der Waals surface area contributed by atoms with E-state index in [0.717, 1.165) is 42.9 Å². The molecule has 33 heavy (non-hydrogen) atoms. The summed E-state index contributed by atoms with van der Waals surface area (Å²) in [4.78, 5) is 26.7. The number of ether oxygens (including phenoxy) is 2. The highest BCUT2D eigenvalue weighted by molar-refractivity contribution is 5.84. The van der Waals surface area contributed by atoms with Crippen molar-refractivity contribution in [3.63, 3.8) is 0 Å². The van der Waals surface area contributed by atoms with E-state index in [-0.39, 0.29) is 11.9 Å². The average Bonchev–Trinajstić information content (AvgIpc) is 3.27. The fourth-order valence-electron chi connectivity index (χ4n) is 4.40. The van der Waals surface area contributed by atoms with Crippen LogP contribution in [0.25, 0.3) is 5.95 Å². The van der Waals surface area contributed by atoms with Crippen LogP contribution >= 0.6 is 0 Å². The number of nitrogens with one attached hydrogen (secondary N) is 2. The molecule has 1 aromatic carbocycles. The molecule has 3 aromatic rings. The van der Waals surface area contributed by atoms with E-state index >= 15 is 0 Å². The van der Waals surface area contributed by atoms with Crippen LogP contribution in [0.3, 0.4) is 0 Å². The van der Waals surface area contributed by atoms with Crippen molar-refractivity contribution in [3.8, 4) is 17.4 Å². The second-order valence-electron chi connectivity index (χ2n) is 8.33. The third kappa shape index (κ3) is 4.98. The molecule has 4 heterocycles. The Balaban J connectivity index is 1.37. The molecule has 2 aliphatic heterocycles. The smallest absolute Gasteiger partial charge is 0.235 e. The van der Waals surface area contributed by atoms with Crippen molar-refractivity contribution in [1.82, 2.24) is 30.2 Å². The zero-order chi connectivity index (χ0) is 22.5. The van der Waals surface area contributed by atoms with Gasteiger partial charge in [0.05, 0.1) is 11.6 Å². The molecule has 2 N–H and O–H groups in total. The zero-order valence-electron chi connectivity index (χ0n) is 18.4.